The minimum absolute atomic E-state index is 0.221. The van der Waals surface area contributed by atoms with Crippen molar-refractivity contribution in [1.29, 1.82) is 0 Å². The highest BCUT2D eigenvalue weighted by atomic mass is 16.3. The largest absolute Gasteiger partial charge is 0.459 e. The van der Waals surface area contributed by atoms with Crippen molar-refractivity contribution >= 4 is 5.91 Å². The topological polar surface area (TPSA) is 73.0 Å². The molecule has 3 aromatic heterocycles. The summed E-state index contributed by atoms with van der Waals surface area (Å²) in [6, 6.07) is 7.17. The van der Waals surface area contributed by atoms with E-state index in [-0.39, 0.29) is 5.91 Å². The van der Waals surface area contributed by atoms with E-state index >= 15 is 0 Å². The van der Waals surface area contributed by atoms with E-state index in [0.29, 0.717) is 18.8 Å². The van der Waals surface area contributed by atoms with Crippen molar-refractivity contribution in [2.24, 2.45) is 0 Å². The third-order valence-corrected chi connectivity index (χ3v) is 3.02. The molecule has 3 aromatic rings. The molecule has 0 atom stereocenters. The lowest BCUT2D eigenvalue weighted by atomic mass is 10.1. The van der Waals surface area contributed by atoms with Gasteiger partial charge < -0.3 is 9.73 Å². The third kappa shape index (κ3) is 3.17. The van der Waals surface area contributed by atoms with Crippen LogP contribution in [0.2, 0.25) is 0 Å². The van der Waals surface area contributed by atoms with Gasteiger partial charge in [-0.3, -0.25) is 14.5 Å². The normalized spacial score (nSPS) is 10.5. The quantitative estimate of drug-likeness (QED) is 0.776. The van der Waals surface area contributed by atoms with Crippen LogP contribution in [0.5, 0.6) is 0 Å². The first-order valence-electron chi connectivity index (χ1n) is 6.57. The number of carbonyl (C=O) groups is 1. The summed E-state index contributed by atoms with van der Waals surface area (Å²) in [5.41, 5.74) is 2.09. The lowest BCUT2D eigenvalue weighted by Crippen LogP contribution is -2.26. The van der Waals surface area contributed by atoms with Gasteiger partial charge in [0.2, 0.25) is 0 Å². The summed E-state index contributed by atoms with van der Waals surface area (Å²) < 4.78 is 6.81. The number of aromatic nitrogens is 3. The van der Waals surface area contributed by atoms with Crippen molar-refractivity contribution in [2.75, 3.05) is 6.54 Å². The molecule has 106 valence electrons. The summed E-state index contributed by atoms with van der Waals surface area (Å²) in [6.45, 7) is 1.08. The molecule has 0 radical (unpaired) electrons. The second-order valence-corrected chi connectivity index (χ2v) is 4.46. The van der Waals surface area contributed by atoms with E-state index in [1.54, 1.807) is 35.4 Å². The molecule has 3 heterocycles. The molecule has 0 spiro atoms. The van der Waals surface area contributed by atoms with Crippen LogP contribution in [0, 0.1) is 0 Å². The summed E-state index contributed by atoms with van der Waals surface area (Å²) >= 11 is 0. The van der Waals surface area contributed by atoms with Crippen molar-refractivity contribution < 1.29 is 9.21 Å². The molecule has 0 saturated heterocycles. The van der Waals surface area contributed by atoms with E-state index in [9.17, 15) is 4.79 Å². The highest BCUT2D eigenvalue weighted by Gasteiger charge is 2.07. The first kappa shape index (κ1) is 13.1. The molecule has 0 aromatic carbocycles. The van der Waals surface area contributed by atoms with Crippen LogP contribution in [-0.2, 0) is 6.54 Å². The highest BCUT2D eigenvalue weighted by Crippen LogP contribution is 2.16. The second-order valence-electron chi connectivity index (χ2n) is 4.46. The van der Waals surface area contributed by atoms with Gasteiger partial charge >= 0.3 is 0 Å². The van der Waals surface area contributed by atoms with Crippen LogP contribution in [-0.4, -0.2) is 27.2 Å². The van der Waals surface area contributed by atoms with E-state index in [1.807, 2.05) is 18.3 Å². The zero-order valence-corrected chi connectivity index (χ0v) is 11.3. The predicted octanol–water partition coefficient (Wildman–Crippen LogP) is 1.97. The lowest BCUT2D eigenvalue weighted by molar-refractivity contribution is 0.0924. The van der Waals surface area contributed by atoms with Gasteiger partial charge in [-0.05, 0) is 29.8 Å². The summed E-state index contributed by atoms with van der Waals surface area (Å²) in [5.74, 6) is 0.0921. The van der Waals surface area contributed by atoms with E-state index in [4.69, 9.17) is 4.42 Å². The zero-order chi connectivity index (χ0) is 14.5. The average Bonchev–Trinajstić information content (AvgIpc) is 3.20. The van der Waals surface area contributed by atoms with Crippen molar-refractivity contribution in [1.82, 2.24) is 20.1 Å². The molecule has 0 aliphatic carbocycles. The molecule has 0 aliphatic rings. The molecule has 0 fully saturated rings. The Morgan fingerprint density at radius 1 is 1.24 bits per heavy atom. The molecule has 1 amide bonds. The van der Waals surface area contributed by atoms with Crippen molar-refractivity contribution in [3.8, 4) is 11.1 Å². The minimum Gasteiger partial charge on any atom is -0.459 e. The fraction of sp³-hybridized carbons (Fsp3) is 0.133. The minimum atomic E-state index is -0.221. The van der Waals surface area contributed by atoms with E-state index in [1.165, 1.54) is 6.26 Å². The van der Waals surface area contributed by atoms with E-state index in [2.05, 4.69) is 15.4 Å². The van der Waals surface area contributed by atoms with Gasteiger partial charge in [0.1, 0.15) is 0 Å². The van der Waals surface area contributed by atoms with Gasteiger partial charge in [0.05, 0.1) is 19.0 Å². The number of rotatable bonds is 5. The van der Waals surface area contributed by atoms with Gasteiger partial charge in [-0.2, -0.15) is 5.10 Å². The third-order valence-electron chi connectivity index (χ3n) is 3.02. The number of nitrogens with zero attached hydrogens (tertiary/aromatic N) is 3. The molecule has 21 heavy (non-hydrogen) atoms. The Labute approximate surface area is 121 Å². The number of amides is 1. The van der Waals surface area contributed by atoms with Crippen molar-refractivity contribution in [3.63, 3.8) is 0 Å². The number of hydrogen-bond acceptors (Lipinski definition) is 4. The number of nitrogens with one attached hydrogen (secondary N) is 1. The molecule has 6 nitrogen and oxygen atoms in total. The number of carbonyl (C=O) groups excluding carboxylic acids is 1. The van der Waals surface area contributed by atoms with Gasteiger partial charge in [0.15, 0.2) is 5.76 Å². The molecule has 3 rings (SSSR count). The van der Waals surface area contributed by atoms with Crippen molar-refractivity contribution in [2.45, 2.75) is 6.54 Å². The lowest BCUT2D eigenvalue weighted by Gasteiger charge is -2.03. The van der Waals surface area contributed by atoms with Crippen LogP contribution < -0.4 is 5.32 Å². The second kappa shape index (κ2) is 6.04. The number of hydrogen-bond donors (Lipinski definition) is 1. The Morgan fingerprint density at radius 2 is 2.10 bits per heavy atom. The fourth-order valence-corrected chi connectivity index (χ4v) is 1.96. The Balaban J connectivity index is 1.55. The van der Waals surface area contributed by atoms with Crippen LogP contribution >= 0.6 is 0 Å². The van der Waals surface area contributed by atoms with Crippen molar-refractivity contribution in [3.05, 3.63) is 61.1 Å². The van der Waals surface area contributed by atoms with Crippen LogP contribution in [0.4, 0.5) is 0 Å². The average molecular weight is 282 g/mol. The summed E-state index contributed by atoms with van der Waals surface area (Å²) in [6.07, 6.45) is 8.70. The summed E-state index contributed by atoms with van der Waals surface area (Å²) in [4.78, 5) is 15.7. The molecule has 6 heteroatoms. The van der Waals surface area contributed by atoms with Gasteiger partial charge in [0, 0.05) is 30.7 Å². The SMILES string of the molecule is O=C(NCCn1cc(-c2ccncc2)cn1)c1ccco1. The van der Waals surface area contributed by atoms with Gasteiger partial charge in [-0.25, -0.2) is 0 Å². The fourth-order valence-electron chi connectivity index (χ4n) is 1.96. The van der Waals surface area contributed by atoms with Gasteiger partial charge in [0.25, 0.3) is 5.91 Å². The standard InChI is InChI=1S/C15H14N4O2/c20-15(14-2-1-9-21-14)17-7-8-19-11-13(10-18-19)12-3-5-16-6-4-12/h1-6,9-11H,7-8H2,(H,17,20). The van der Waals surface area contributed by atoms with E-state index in [0.717, 1.165) is 11.1 Å². The Kier molecular flexibility index (Phi) is 3.77. The summed E-state index contributed by atoms with van der Waals surface area (Å²) in [5, 5.41) is 7.05. The van der Waals surface area contributed by atoms with Crippen LogP contribution in [0.15, 0.2) is 59.7 Å². The molecule has 0 bridgehead atoms. The Morgan fingerprint density at radius 3 is 2.86 bits per heavy atom. The summed E-state index contributed by atoms with van der Waals surface area (Å²) in [7, 11) is 0. The van der Waals surface area contributed by atoms with Crippen LogP contribution in [0.25, 0.3) is 11.1 Å². The Hall–Kier alpha value is -2.89. The van der Waals surface area contributed by atoms with Crippen LogP contribution in [0.3, 0.4) is 0 Å². The molecule has 1 N–H and O–H groups in total. The molecule has 0 aliphatic heterocycles. The predicted molar refractivity (Wildman–Crippen MR) is 76.5 cm³/mol. The van der Waals surface area contributed by atoms with Gasteiger partial charge in [-0.15, -0.1) is 0 Å². The smallest absolute Gasteiger partial charge is 0.287 e. The first-order valence-corrected chi connectivity index (χ1v) is 6.57. The van der Waals surface area contributed by atoms with Gasteiger partial charge in [-0.1, -0.05) is 0 Å². The monoisotopic (exact) mass is 282 g/mol. The molecule has 0 unspecified atom stereocenters. The number of pyridine rings is 1. The molecular weight excluding hydrogens is 268 g/mol. The maximum absolute atomic E-state index is 11.7. The highest BCUT2D eigenvalue weighted by molar-refractivity contribution is 5.91. The maximum Gasteiger partial charge on any atom is 0.287 e. The van der Waals surface area contributed by atoms with E-state index < -0.39 is 0 Å². The Bertz CT molecular complexity index is 704. The maximum atomic E-state index is 11.7. The zero-order valence-electron chi connectivity index (χ0n) is 11.3. The molecule has 0 saturated carbocycles. The molecular formula is C15H14N4O2. The van der Waals surface area contributed by atoms with Crippen LogP contribution in [0.1, 0.15) is 10.6 Å². The first-order chi connectivity index (χ1) is 10.3. The number of furan rings is 1.